The molecule has 1 aliphatic heterocycles. The zero-order valence-electron chi connectivity index (χ0n) is 19.4. The van der Waals surface area contributed by atoms with E-state index in [1.165, 1.54) is 12.3 Å². The van der Waals surface area contributed by atoms with Gasteiger partial charge in [-0.3, -0.25) is 4.79 Å². The Morgan fingerprint density at radius 3 is 2.67 bits per heavy atom. The van der Waals surface area contributed by atoms with Gasteiger partial charge in [-0.05, 0) is 35.6 Å². The lowest BCUT2D eigenvalue weighted by Crippen LogP contribution is -2.33. The Labute approximate surface area is 192 Å². The molecule has 174 valence electrons. The number of carboxylic acids is 1. The Morgan fingerprint density at radius 1 is 1.24 bits per heavy atom. The SMILES string of the molecule is COCCCOc1cc2c(cc1-n1cccn1)-c1cc(=O)c(C(=O)O)cn1[C@H](C(C)(C)C)C2. The molecule has 3 aromatic rings. The number of ether oxygens (including phenoxy) is 2. The van der Waals surface area contributed by atoms with E-state index in [0.717, 1.165) is 23.2 Å². The van der Waals surface area contributed by atoms with Crippen molar-refractivity contribution >= 4 is 5.97 Å². The maximum atomic E-state index is 12.6. The van der Waals surface area contributed by atoms with E-state index in [-0.39, 0.29) is 17.0 Å². The molecule has 1 aromatic carbocycles. The summed E-state index contributed by atoms with van der Waals surface area (Å²) in [6.45, 7) is 7.46. The van der Waals surface area contributed by atoms with E-state index in [0.29, 0.717) is 31.1 Å². The minimum Gasteiger partial charge on any atom is -0.491 e. The Balaban J connectivity index is 1.90. The Hall–Kier alpha value is -3.39. The monoisotopic (exact) mass is 451 g/mol. The second-order valence-corrected chi connectivity index (χ2v) is 9.36. The number of carboxylic acid groups (broad SMARTS) is 1. The smallest absolute Gasteiger partial charge is 0.341 e. The lowest BCUT2D eigenvalue weighted by molar-refractivity contribution is 0.0693. The van der Waals surface area contributed by atoms with Gasteiger partial charge in [0.05, 0.1) is 12.3 Å². The van der Waals surface area contributed by atoms with Crippen molar-refractivity contribution in [3.8, 4) is 22.7 Å². The van der Waals surface area contributed by atoms with Crippen LogP contribution in [0.2, 0.25) is 0 Å². The first-order valence-electron chi connectivity index (χ1n) is 11.0. The molecule has 1 atom stereocenters. The molecule has 0 amide bonds. The summed E-state index contributed by atoms with van der Waals surface area (Å²) in [4.78, 5) is 24.3. The summed E-state index contributed by atoms with van der Waals surface area (Å²) < 4.78 is 14.9. The van der Waals surface area contributed by atoms with Crippen LogP contribution in [0.25, 0.3) is 16.9 Å². The first-order valence-corrected chi connectivity index (χ1v) is 11.0. The first-order chi connectivity index (χ1) is 15.7. The van der Waals surface area contributed by atoms with Crippen molar-refractivity contribution in [2.75, 3.05) is 20.3 Å². The molecule has 33 heavy (non-hydrogen) atoms. The molecule has 0 bridgehead atoms. The van der Waals surface area contributed by atoms with Gasteiger partial charge < -0.3 is 19.1 Å². The minimum absolute atomic E-state index is 0.0319. The van der Waals surface area contributed by atoms with Gasteiger partial charge in [0.25, 0.3) is 0 Å². The van der Waals surface area contributed by atoms with Gasteiger partial charge in [0.15, 0.2) is 5.43 Å². The third kappa shape index (κ3) is 4.43. The van der Waals surface area contributed by atoms with Gasteiger partial charge >= 0.3 is 5.97 Å². The summed E-state index contributed by atoms with van der Waals surface area (Å²) in [6, 6.07) is 7.24. The number of pyridine rings is 1. The number of aromatic nitrogens is 3. The lowest BCUT2D eigenvalue weighted by atomic mass is 9.78. The van der Waals surface area contributed by atoms with Crippen LogP contribution < -0.4 is 10.2 Å². The lowest BCUT2D eigenvalue weighted by Gasteiger charge is -2.39. The van der Waals surface area contributed by atoms with Crippen LogP contribution in [0.3, 0.4) is 0 Å². The van der Waals surface area contributed by atoms with E-state index >= 15 is 0 Å². The molecule has 0 saturated carbocycles. The predicted molar refractivity (Wildman–Crippen MR) is 124 cm³/mol. The fraction of sp³-hybridized carbons (Fsp3) is 0.400. The highest BCUT2D eigenvalue weighted by Crippen LogP contribution is 2.44. The van der Waals surface area contributed by atoms with Crippen LogP contribution in [0.4, 0.5) is 0 Å². The van der Waals surface area contributed by atoms with Crippen molar-refractivity contribution in [3.05, 3.63) is 64.2 Å². The molecule has 4 rings (SSSR count). The van der Waals surface area contributed by atoms with Crippen LogP contribution in [0.15, 0.2) is 47.7 Å². The molecule has 0 radical (unpaired) electrons. The van der Waals surface area contributed by atoms with Gasteiger partial charge in [-0.2, -0.15) is 5.10 Å². The van der Waals surface area contributed by atoms with Gasteiger partial charge in [0, 0.05) is 56.4 Å². The van der Waals surface area contributed by atoms with E-state index in [1.807, 2.05) is 29.0 Å². The normalized spacial score (nSPS) is 15.1. The van der Waals surface area contributed by atoms with Crippen LogP contribution in [-0.2, 0) is 11.2 Å². The quantitative estimate of drug-likeness (QED) is 0.547. The zero-order valence-corrected chi connectivity index (χ0v) is 19.4. The number of benzene rings is 1. The molecular weight excluding hydrogens is 422 g/mol. The van der Waals surface area contributed by atoms with Crippen molar-refractivity contribution in [1.82, 2.24) is 14.3 Å². The van der Waals surface area contributed by atoms with Crippen molar-refractivity contribution in [3.63, 3.8) is 0 Å². The maximum Gasteiger partial charge on any atom is 0.341 e. The summed E-state index contributed by atoms with van der Waals surface area (Å²) >= 11 is 0. The van der Waals surface area contributed by atoms with E-state index in [2.05, 4.69) is 25.9 Å². The van der Waals surface area contributed by atoms with Crippen molar-refractivity contribution < 1.29 is 19.4 Å². The summed E-state index contributed by atoms with van der Waals surface area (Å²) in [5.41, 5.74) is 2.49. The number of methoxy groups -OCH3 is 1. The highest BCUT2D eigenvalue weighted by atomic mass is 16.5. The molecule has 3 heterocycles. The number of carbonyl (C=O) groups is 1. The predicted octanol–water partition coefficient (Wildman–Crippen LogP) is 3.96. The summed E-state index contributed by atoms with van der Waals surface area (Å²) in [6.07, 6.45) is 6.46. The Morgan fingerprint density at radius 2 is 2.03 bits per heavy atom. The molecule has 8 nitrogen and oxygen atoms in total. The van der Waals surface area contributed by atoms with Gasteiger partial charge in [0.2, 0.25) is 0 Å². The highest BCUT2D eigenvalue weighted by Gasteiger charge is 2.34. The number of fused-ring (bicyclic) bond motifs is 3. The second kappa shape index (κ2) is 8.86. The molecule has 0 spiro atoms. The van der Waals surface area contributed by atoms with Crippen molar-refractivity contribution in [1.29, 1.82) is 0 Å². The summed E-state index contributed by atoms with van der Waals surface area (Å²) in [5.74, 6) is -0.509. The van der Waals surface area contributed by atoms with E-state index in [9.17, 15) is 14.7 Å². The van der Waals surface area contributed by atoms with Crippen molar-refractivity contribution in [2.24, 2.45) is 5.41 Å². The number of hydrogen-bond donors (Lipinski definition) is 1. The standard InChI is InChI=1S/C25H29N3O5/c1-25(2,3)23-12-16-11-22(33-10-6-9-32-4)20(28-8-5-7-26-28)13-17(16)19-14-21(29)18(24(30)31)15-27(19)23/h5,7-8,11,13-15,23H,6,9-10,12H2,1-4H3,(H,30,31)/t23-/m0/s1. The van der Waals surface area contributed by atoms with Crippen LogP contribution in [-0.4, -0.2) is 45.7 Å². The van der Waals surface area contributed by atoms with Crippen molar-refractivity contribution in [2.45, 2.75) is 39.7 Å². The van der Waals surface area contributed by atoms with Crippen LogP contribution in [0, 0.1) is 5.41 Å². The topological polar surface area (TPSA) is 95.6 Å². The molecule has 0 aliphatic carbocycles. The number of hydrogen-bond acceptors (Lipinski definition) is 5. The zero-order chi connectivity index (χ0) is 23.8. The van der Waals surface area contributed by atoms with E-state index in [4.69, 9.17) is 9.47 Å². The molecule has 2 aromatic heterocycles. The fourth-order valence-corrected chi connectivity index (χ4v) is 4.32. The Kier molecular flexibility index (Phi) is 6.12. The molecule has 0 fully saturated rings. The largest absolute Gasteiger partial charge is 0.491 e. The molecule has 0 unspecified atom stereocenters. The average Bonchev–Trinajstić information content (AvgIpc) is 3.29. The first kappa shape index (κ1) is 22.8. The minimum atomic E-state index is -1.22. The maximum absolute atomic E-state index is 12.6. The third-order valence-electron chi connectivity index (χ3n) is 6.02. The summed E-state index contributed by atoms with van der Waals surface area (Å²) in [5, 5.41) is 13.9. The Bertz CT molecular complexity index is 1220. The number of aromatic carboxylic acids is 1. The third-order valence-corrected chi connectivity index (χ3v) is 6.02. The average molecular weight is 452 g/mol. The highest BCUT2D eigenvalue weighted by molar-refractivity contribution is 5.88. The van der Waals surface area contributed by atoms with E-state index < -0.39 is 11.4 Å². The van der Waals surface area contributed by atoms with Gasteiger partial charge in [-0.1, -0.05) is 20.8 Å². The molecular formula is C25H29N3O5. The van der Waals surface area contributed by atoms with Gasteiger partial charge in [-0.15, -0.1) is 0 Å². The van der Waals surface area contributed by atoms with Crippen LogP contribution >= 0.6 is 0 Å². The van der Waals surface area contributed by atoms with Gasteiger partial charge in [-0.25, -0.2) is 9.48 Å². The van der Waals surface area contributed by atoms with Gasteiger partial charge in [0.1, 0.15) is 17.0 Å². The second-order valence-electron chi connectivity index (χ2n) is 9.36. The number of rotatable bonds is 7. The van der Waals surface area contributed by atoms with Crippen LogP contribution in [0.5, 0.6) is 5.75 Å². The fourth-order valence-electron chi connectivity index (χ4n) is 4.32. The van der Waals surface area contributed by atoms with E-state index in [1.54, 1.807) is 18.0 Å². The number of nitrogens with zero attached hydrogens (tertiary/aromatic N) is 3. The summed E-state index contributed by atoms with van der Waals surface area (Å²) in [7, 11) is 1.66. The van der Waals surface area contributed by atoms with Crippen LogP contribution in [0.1, 0.15) is 49.2 Å². The molecule has 8 heteroatoms. The molecule has 0 saturated heterocycles. The molecule has 1 aliphatic rings. The molecule has 1 N–H and O–H groups in total.